The number of hydrogen-bond acceptors (Lipinski definition) is 2. The Bertz CT molecular complexity index is 425. The third kappa shape index (κ3) is 1.97. The summed E-state index contributed by atoms with van der Waals surface area (Å²) in [6.45, 7) is 0.152. The number of nitrogens with zero attached hydrogens (tertiary/aromatic N) is 1. The van der Waals surface area contributed by atoms with Crippen LogP contribution < -0.4 is 5.56 Å². The summed E-state index contributed by atoms with van der Waals surface area (Å²) in [5, 5.41) is 8.54. The number of rotatable bonds is 2. The maximum absolute atomic E-state index is 11.1. The molecule has 1 N–H and O–H groups in total. The van der Waals surface area contributed by atoms with Crippen molar-refractivity contribution in [3.63, 3.8) is 0 Å². The molecule has 0 fully saturated rings. The number of pyridine rings is 1. The van der Waals surface area contributed by atoms with Crippen molar-refractivity contribution < 1.29 is 9.90 Å². The molecule has 0 aliphatic rings. The van der Waals surface area contributed by atoms with Crippen LogP contribution in [0.4, 0.5) is 0 Å². The van der Waals surface area contributed by atoms with Crippen molar-refractivity contribution in [3.05, 3.63) is 34.2 Å². The zero-order chi connectivity index (χ0) is 9.84. The monoisotopic (exact) mass is 177 g/mol. The van der Waals surface area contributed by atoms with E-state index >= 15 is 0 Å². The molecule has 0 bridgehead atoms. The molecular formula is C9H7NO3. The van der Waals surface area contributed by atoms with Gasteiger partial charge in [0.05, 0.1) is 12.1 Å². The molecule has 0 radical (unpaired) electrons. The smallest absolute Gasteiger partial charge is 0.335 e. The Kier molecular flexibility index (Phi) is 2.50. The summed E-state index contributed by atoms with van der Waals surface area (Å²) >= 11 is 0. The summed E-state index contributed by atoms with van der Waals surface area (Å²) in [6, 6.07) is 2.38. The molecule has 1 heterocycles. The van der Waals surface area contributed by atoms with E-state index in [0.717, 1.165) is 6.07 Å². The van der Waals surface area contributed by atoms with Gasteiger partial charge >= 0.3 is 5.97 Å². The second-order valence-electron chi connectivity index (χ2n) is 2.39. The lowest BCUT2D eigenvalue weighted by Crippen LogP contribution is -2.19. The zero-order valence-corrected chi connectivity index (χ0v) is 6.73. The van der Waals surface area contributed by atoms with Gasteiger partial charge in [0, 0.05) is 12.3 Å². The predicted molar refractivity (Wildman–Crippen MR) is 46.5 cm³/mol. The van der Waals surface area contributed by atoms with E-state index in [1.54, 1.807) is 0 Å². The number of carboxylic acids is 1. The topological polar surface area (TPSA) is 59.3 Å². The van der Waals surface area contributed by atoms with Crippen LogP contribution in [0.5, 0.6) is 0 Å². The van der Waals surface area contributed by atoms with E-state index in [1.807, 2.05) is 0 Å². The quantitative estimate of drug-likeness (QED) is 0.655. The highest BCUT2D eigenvalue weighted by atomic mass is 16.4. The summed E-state index contributed by atoms with van der Waals surface area (Å²) in [5.74, 6) is 1.17. The molecule has 1 aromatic rings. The fourth-order valence-corrected chi connectivity index (χ4v) is 0.870. The standard InChI is InChI=1S/C9H7NO3/c1-2-4-10-5-3-7(9(12)13)6-8(10)11/h1,3,5-6H,4H2,(H,12,13). The van der Waals surface area contributed by atoms with Crippen LogP contribution >= 0.6 is 0 Å². The maximum Gasteiger partial charge on any atom is 0.335 e. The minimum Gasteiger partial charge on any atom is -0.478 e. The van der Waals surface area contributed by atoms with Crippen molar-refractivity contribution in [2.75, 3.05) is 0 Å². The van der Waals surface area contributed by atoms with Crippen molar-refractivity contribution in [3.8, 4) is 12.3 Å². The molecule has 0 aliphatic heterocycles. The van der Waals surface area contributed by atoms with Gasteiger partial charge in [-0.15, -0.1) is 6.42 Å². The molecule has 66 valence electrons. The van der Waals surface area contributed by atoms with E-state index in [-0.39, 0.29) is 12.1 Å². The van der Waals surface area contributed by atoms with Gasteiger partial charge in [-0.05, 0) is 6.07 Å². The third-order valence-electron chi connectivity index (χ3n) is 1.50. The van der Waals surface area contributed by atoms with Crippen LogP contribution in [-0.2, 0) is 6.54 Å². The molecule has 0 saturated carbocycles. The summed E-state index contributed by atoms with van der Waals surface area (Å²) < 4.78 is 1.26. The number of terminal acetylenes is 1. The van der Waals surface area contributed by atoms with Gasteiger partial charge in [-0.1, -0.05) is 5.92 Å². The molecule has 0 aromatic carbocycles. The van der Waals surface area contributed by atoms with Gasteiger partial charge < -0.3 is 9.67 Å². The highest BCUT2D eigenvalue weighted by Gasteiger charge is 2.03. The molecule has 1 rings (SSSR count). The summed E-state index contributed by atoms with van der Waals surface area (Å²) in [4.78, 5) is 21.6. The van der Waals surface area contributed by atoms with Crippen LogP contribution in [0.2, 0.25) is 0 Å². The highest BCUT2D eigenvalue weighted by molar-refractivity contribution is 5.87. The van der Waals surface area contributed by atoms with E-state index in [2.05, 4.69) is 5.92 Å². The summed E-state index contributed by atoms with van der Waals surface area (Å²) in [5.41, 5.74) is -0.434. The second-order valence-corrected chi connectivity index (χ2v) is 2.39. The molecule has 4 nitrogen and oxygen atoms in total. The Morgan fingerprint density at radius 3 is 2.85 bits per heavy atom. The lowest BCUT2D eigenvalue weighted by atomic mass is 10.3. The van der Waals surface area contributed by atoms with Gasteiger partial charge in [0.25, 0.3) is 5.56 Å². The zero-order valence-electron chi connectivity index (χ0n) is 6.73. The van der Waals surface area contributed by atoms with E-state index in [9.17, 15) is 9.59 Å². The van der Waals surface area contributed by atoms with Crippen LogP contribution in [0.25, 0.3) is 0 Å². The van der Waals surface area contributed by atoms with E-state index in [1.165, 1.54) is 16.8 Å². The maximum atomic E-state index is 11.1. The van der Waals surface area contributed by atoms with Crippen molar-refractivity contribution in [2.45, 2.75) is 6.54 Å². The number of aromatic nitrogens is 1. The van der Waals surface area contributed by atoms with E-state index in [4.69, 9.17) is 11.5 Å². The average Bonchev–Trinajstić information content (AvgIpc) is 2.08. The first-order chi connectivity index (χ1) is 6.15. The molecule has 0 saturated heterocycles. The fourth-order valence-electron chi connectivity index (χ4n) is 0.870. The van der Waals surface area contributed by atoms with E-state index in [0.29, 0.717) is 0 Å². The molecule has 0 spiro atoms. The normalized spacial score (nSPS) is 9.15. The first-order valence-corrected chi connectivity index (χ1v) is 3.52. The Labute approximate surface area is 74.4 Å². The first kappa shape index (κ1) is 9.07. The van der Waals surface area contributed by atoms with Crippen LogP contribution in [0.15, 0.2) is 23.1 Å². The molecule has 4 heteroatoms. The van der Waals surface area contributed by atoms with Crippen LogP contribution in [0.1, 0.15) is 10.4 Å². The van der Waals surface area contributed by atoms with Gasteiger partial charge in [0.15, 0.2) is 0 Å². The average molecular weight is 177 g/mol. The SMILES string of the molecule is C#CCn1ccc(C(=O)O)cc1=O. The highest BCUT2D eigenvalue weighted by Crippen LogP contribution is 1.93. The van der Waals surface area contributed by atoms with Crippen LogP contribution in [0, 0.1) is 12.3 Å². The summed E-state index contributed by atoms with van der Waals surface area (Å²) in [6.07, 6.45) is 6.37. The first-order valence-electron chi connectivity index (χ1n) is 3.52. The minimum atomic E-state index is -1.12. The second kappa shape index (κ2) is 3.59. The molecule has 1 aromatic heterocycles. The fraction of sp³-hybridized carbons (Fsp3) is 0.111. The predicted octanol–water partition coefficient (Wildman–Crippen LogP) is 0.180. The van der Waals surface area contributed by atoms with Gasteiger partial charge in [-0.25, -0.2) is 4.79 Å². The molecule has 0 aliphatic carbocycles. The van der Waals surface area contributed by atoms with Crippen LogP contribution in [-0.4, -0.2) is 15.6 Å². The van der Waals surface area contributed by atoms with Gasteiger partial charge in [0.2, 0.25) is 0 Å². The molecule has 0 unspecified atom stereocenters. The largest absolute Gasteiger partial charge is 0.478 e. The lowest BCUT2D eigenvalue weighted by Gasteiger charge is -1.99. The molecular weight excluding hydrogens is 170 g/mol. The van der Waals surface area contributed by atoms with Crippen molar-refractivity contribution in [1.29, 1.82) is 0 Å². The van der Waals surface area contributed by atoms with Crippen molar-refractivity contribution >= 4 is 5.97 Å². The Hall–Kier alpha value is -2.02. The van der Waals surface area contributed by atoms with Gasteiger partial charge in [0.1, 0.15) is 0 Å². The van der Waals surface area contributed by atoms with Gasteiger partial charge in [-0.3, -0.25) is 4.79 Å². The number of carboxylic acid groups (broad SMARTS) is 1. The Morgan fingerprint density at radius 1 is 1.69 bits per heavy atom. The van der Waals surface area contributed by atoms with Gasteiger partial charge in [-0.2, -0.15) is 0 Å². The molecule has 13 heavy (non-hydrogen) atoms. The number of carbonyl (C=O) groups is 1. The van der Waals surface area contributed by atoms with Crippen LogP contribution in [0.3, 0.4) is 0 Å². The number of aromatic carboxylic acids is 1. The minimum absolute atomic E-state index is 0.0294. The van der Waals surface area contributed by atoms with E-state index < -0.39 is 11.5 Å². The lowest BCUT2D eigenvalue weighted by molar-refractivity contribution is 0.0696. The Balaban J connectivity index is 3.15. The third-order valence-corrected chi connectivity index (χ3v) is 1.50. The van der Waals surface area contributed by atoms with Crippen molar-refractivity contribution in [1.82, 2.24) is 4.57 Å². The number of hydrogen-bond donors (Lipinski definition) is 1. The van der Waals surface area contributed by atoms with Crippen molar-refractivity contribution in [2.24, 2.45) is 0 Å². The summed E-state index contributed by atoms with van der Waals surface area (Å²) in [7, 11) is 0. The molecule has 0 atom stereocenters. The Morgan fingerprint density at radius 2 is 2.38 bits per heavy atom. The molecule has 0 amide bonds.